The van der Waals surface area contributed by atoms with Crippen LogP contribution in [0.5, 0.6) is 0 Å². The number of alkyl halides is 3. The normalized spacial score (nSPS) is 21.3. The van der Waals surface area contributed by atoms with Gasteiger partial charge in [0.05, 0.1) is 25.4 Å². The third-order valence-electron chi connectivity index (χ3n) is 4.90. The molecule has 1 amide bonds. The first-order valence-electron chi connectivity index (χ1n) is 8.77. The summed E-state index contributed by atoms with van der Waals surface area (Å²) in [7, 11) is 5.48. The molecule has 3 N–H and O–H groups in total. The van der Waals surface area contributed by atoms with E-state index in [1.54, 1.807) is 0 Å². The fourth-order valence-electron chi connectivity index (χ4n) is 3.41. The summed E-state index contributed by atoms with van der Waals surface area (Å²) in [5.41, 5.74) is 5.68. The monoisotopic (exact) mass is 382 g/mol. The molecule has 1 fully saturated rings. The van der Waals surface area contributed by atoms with E-state index in [1.165, 1.54) is 17.0 Å². The predicted molar refractivity (Wildman–Crippen MR) is 94.1 cm³/mol. The molecule has 0 aliphatic carbocycles. The van der Waals surface area contributed by atoms with Gasteiger partial charge in [0.2, 0.25) is 5.91 Å². The number of likely N-dealkylation sites (tertiary alicyclic amines) is 1. The molecular weight excluding hydrogens is 360 g/mol. The first kappa shape index (κ1) is 21.3. The van der Waals surface area contributed by atoms with Crippen molar-refractivity contribution >= 4 is 19.7 Å². The molecule has 9 heteroatoms. The van der Waals surface area contributed by atoms with E-state index in [9.17, 15) is 27.9 Å². The third kappa shape index (κ3) is 5.48. The highest BCUT2D eigenvalue weighted by Crippen LogP contribution is 2.30. The lowest BCUT2D eigenvalue weighted by Crippen LogP contribution is -2.44. The van der Waals surface area contributed by atoms with Crippen LogP contribution in [0.15, 0.2) is 24.3 Å². The van der Waals surface area contributed by atoms with Gasteiger partial charge >= 0.3 is 12.1 Å². The second-order valence-corrected chi connectivity index (χ2v) is 6.88. The summed E-state index contributed by atoms with van der Waals surface area (Å²) in [4.78, 5) is 25.4. The lowest BCUT2D eigenvalue weighted by Gasteiger charge is -2.21. The Bertz CT molecular complexity index is 667. The second kappa shape index (κ2) is 8.78. The molecule has 2 radical (unpaired) electrons. The van der Waals surface area contributed by atoms with Crippen LogP contribution in [0.2, 0.25) is 6.32 Å². The summed E-state index contributed by atoms with van der Waals surface area (Å²) >= 11 is 0. The van der Waals surface area contributed by atoms with Crippen LogP contribution in [0.3, 0.4) is 0 Å². The van der Waals surface area contributed by atoms with Crippen LogP contribution in [0.1, 0.15) is 24.0 Å². The number of hydrogen-bond acceptors (Lipinski definition) is 3. The molecule has 2 rings (SSSR count). The van der Waals surface area contributed by atoms with Gasteiger partial charge in [0.1, 0.15) is 0 Å². The zero-order chi connectivity index (χ0) is 20.2. The minimum atomic E-state index is -4.42. The molecule has 27 heavy (non-hydrogen) atoms. The number of aliphatic carboxylic acids is 1. The van der Waals surface area contributed by atoms with Crippen LogP contribution < -0.4 is 5.73 Å². The van der Waals surface area contributed by atoms with Crippen LogP contribution in [0.25, 0.3) is 0 Å². The fraction of sp³-hybridized carbons (Fsp3) is 0.556. The van der Waals surface area contributed by atoms with Crippen molar-refractivity contribution in [3.8, 4) is 0 Å². The van der Waals surface area contributed by atoms with Gasteiger partial charge in [-0.15, -0.1) is 0 Å². The molecule has 5 nitrogen and oxygen atoms in total. The van der Waals surface area contributed by atoms with E-state index in [0.717, 1.165) is 12.1 Å². The smallest absolute Gasteiger partial charge is 0.416 e. The summed E-state index contributed by atoms with van der Waals surface area (Å²) in [6.07, 6.45) is -2.60. The van der Waals surface area contributed by atoms with Crippen LogP contribution in [0.4, 0.5) is 13.2 Å². The van der Waals surface area contributed by atoms with Crippen LogP contribution in [-0.2, 0) is 22.2 Å². The number of halogens is 3. The van der Waals surface area contributed by atoms with E-state index in [1.807, 2.05) is 0 Å². The van der Waals surface area contributed by atoms with Gasteiger partial charge in [-0.25, -0.2) is 0 Å². The number of benzene rings is 1. The Labute approximate surface area is 157 Å². The second-order valence-electron chi connectivity index (χ2n) is 6.88. The van der Waals surface area contributed by atoms with E-state index in [2.05, 4.69) is 0 Å². The van der Waals surface area contributed by atoms with Gasteiger partial charge in [0.25, 0.3) is 0 Å². The summed E-state index contributed by atoms with van der Waals surface area (Å²) in [5, 5.41) is 9.36. The Morgan fingerprint density at radius 2 is 1.89 bits per heavy atom. The van der Waals surface area contributed by atoms with Gasteiger partial charge in [-0.05, 0) is 36.5 Å². The van der Waals surface area contributed by atoms with Gasteiger partial charge in [-0.3, -0.25) is 9.59 Å². The molecule has 1 aromatic carbocycles. The molecule has 1 unspecified atom stereocenters. The highest BCUT2D eigenvalue weighted by molar-refractivity contribution is 6.08. The van der Waals surface area contributed by atoms with Crippen LogP contribution in [-0.4, -0.2) is 48.9 Å². The molecular formula is C18H22BF3N2O3. The summed E-state index contributed by atoms with van der Waals surface area (Å²) in [6.45, 7) is 0.390. The summed E-state index contributed by atoms with van der Waals surface area (Å²) in [5.74, 6) is -2.17. The number of amides is 1. The van der Waals surface area contributed by atoms with Crippen LogP contribution in [0, 0.1) is 11.8 Å². The molecule has 0 saturated carbocycles. The molecule has 1 aliphatic heterocycles. The van der Waals surface area contributed by atoms with Gasteiger partial charge in [-0.2, -0.15) is 13.2 Å². The average molecular weight is 382 g/mol. The SMILES string of the molecule is [B]CCC[C@H]1CN(C(=O)C(N)Cc2ccc(C(F)(F)F)cc2)C[C@H]1C(=O)O. The maximum absolute atomic E-state index is 12.6. The first-order chi connectivity index (χ1) is 12.6. The average Bonchev–Trinajstić information content (AvgIpc) is 3.03. The van der Waals surface area contributed by atoms with Crippen molar-refractivity contribution in [2.75, 3.05) is 13.1 Å². The molecule has 3 atom stereocenters. The minimum Gasteiger partial charge on any atom is -0.481 e. The molecule has 146 valence electrons. The number of rotatable bonds is 7. The highest BCUT2D eigenvalue weighted by atomic mass is 19.4. The van der Waals surface area contributed by atoms with Crippen molar-refractivity contribution in [2.45, 2.75) is 37.8 Å². The van der Waals surface area contributed by atoms with Crippen molar-refractivity contribution in [2.24, 2.45) is 17.6 Å². The summed E-state index contributed by atoms with van der Waals surface area (Å²) in [6, 6.07) is 3.55. The standard InChI is InChI=1S/C18H22BF3N2O3/c19-7-1-2-12-9-24(10-14(12)17(26)27)16(25)15(23)8-11-3-5-13(6-4-11)18(20,21)22/h3-6,12,14-15H,1-2,7-10,23H2,(H,26,27)/t12-,14+,15?/m0/s1. The van der Waals surface area contributed by atoms with Crippen LogP contribution >= 0.6 is 0 Å². The maximum atomic E-state index is 12.6. The Hall–Kier alpha value is -2.03. The number of carbonyl (C=O) groups excluding carboxylic acids is 1. The number of carboxylic acids is 1. The molecule has 1 saturated heterocycles. The van der Waals surface area contributed by atoms with Crippen molar-refractivity contribution < 1.29 is 27.9 Å². The number of nitrogens with two attached hydrogens (primary N) is 1. The van der Waals surface area contributed by atoms with E-state index in [-0.39, 0.29) is 18.9 Å². The van der Waals surface area contributed by atoms with Crippen molar-refractivity contribution in [3.63, 3.8) is 0 Å². The quantitative estimate of drug-likeness (QED) is 0.708. The number of hydrogen-bond donors (Lipinski definition) is 2. The van der Waals surface area contributed by atoms with E-state index < -0.39 is 35.6 Å². The van der Waals surface area contributed by atoms with Gasteiger partial charge in [-0.1, -0.05) is 24.9 Å². The minimum absolute atomic E-state index is 0.0820. The van der Waals surface area contributed by atoms with Crippen molar-refractivity contribution in [1.29, 1.82) is 0 Å². The van der Waals surface area contributed by atoms with Gasteiger partial charge in [0, 0.05) is 13.1 Å². The molecule has 1 aromatic rings. The van der Waals surface area contributed by atoms with Crippen molar-refractivity contribution in [1.82, 2.24) is 4.90 Å². The van der Waals surface area contributed by atoms with E-state index in [0.29, 0.717) is 31.3 Å². The van der Waals surface area contributed by atoms with Gasteiger partial charge in [0.15, 0.2) is 0 Å². The Balaban J connectivity index is 1.99. The molecule has 1 aliphatic rings. The largest absolute Gasteiger partial charge is 0.481 e. The van der Waals surface area contributed by atoms with Gasteiger partial charge < -0.3 is 15.7 Å². The highest BCUT2D eigenvalue weighted by Gasteiger charge is 2.40. The predicted octanol–water partition coefficient (Wildman–Crippen LogP) is 2.10. The molecule has 0 bridgehead atoms. The molecule has 0 spiro atoms. The Kier molecular flexibility index (Phi) is 6.92. The zero-order valence-corrected chi connectivity index (χ0v) is 14.8. The maximum Gasteiger partial charge on any atom is 0.416 e. The lowest BCUT2D eigenvalue weighted by atomic mass is 9.88. The number of carboxylic acid groups (broad SMARTS) is 1. The summed E-state index contributed by atoms with van der Waals surface area (Å²) < 4.78 is 37.8. The topological polar surface area (TPSA) is 83.6 Å². The Morgan fingerprint density at radius 1 is 1.26 bits per heavy atom. The molecule has 1 heterocycles. The lowest BCUT2D eigenvalue weighted by molar-refractivity contribution is -0.143. The number of carbonyl (C=O) groups is 2. The Morgan fingerprint density at radius 3 is 2.41 bits per heavy atom. The van der Waals surface area contributed by atoms with E-state index >= 15 is 0 Å². The van der Waals surface area contributed by atoms with E-state index in [4.69, 9.17) is 13.6 Å². The number of nitrogens with zero attached hydrogens (tertiary/aromatic N) is 1. The third-order valence-corrected chi connectivity index (χ3v) is 4.90. The fourth-order valence-corrected chi connectivity index (χ4v) is 3.41. The molecule has 0 aromatic heterocycles. The van der Waals surface area contributed by atoms with Crippen molar-refractivity contribution in [3.05, 3.63) is 35.4 Å². The first-order valence-corrected chi connectivity index (χ1v) is 8.77. The zero-order valence-electron chi connectivity index (χ0n) is 14.8.